The first-order valence-corrected chi connectivity index (χ1v) is 6.44. The van der Waals surface area contributed by atoms with E-state index in [1.165, 1.54) is 44.2 Å². The second-order valence-electron chi connectivity index (χ2n) is 5.26. The minimum Gasteiger partial charge on any atom is -0.384 e. The van der Waals surface area contributed by atoms with Crippen LogP contribution in [0.2, 0.25) is 0 Å². The molecule has 16 heavy (non-hydrogen) atoms. The van der Waals surface area contributed by atoms with E-state index < -0.39 is 0 Å². The van der Waals surface area contributed by atoms with Crippen molar-refractivity contribution in [2.45, 2.75) is 50.9 Å². The van der Waals surface area contributed by atoms with Crippen molar-refractivity contribution in [2.75, 3.05) is 5.73 Å². The third-order valence-corrected chi connectivity index (χ3v) is 3.75. The van der Waals surface area contributed by atoms with Crippen LogP contribution in [0.3, 0.4) is 0 Å². The minimum absolute atomic E-state index is 0.642. The van der Waals surface area contributed by atoms with Crippen LogP contribution < -0.4 is 5.73 Å². The average Bonchev–Trinajstić information content (AvgIpc) is 2.90. The number of aromatic nitrogens is 2. The van der Waals surface area contributed by atoms with Gasteiger partial charge in [0.15, 0.2) is 0 Å². The second-order valence-corrected chi connectivity index (χ2v) is 5.26. The predicted octanol–water partition coefficient (Wildman–Crippen LogP) is 2.67. The number of nitrogen functional groups attached to an aromatic ring is 1. The molecule has 3 nitrogen and oxygen atoms in total. The highest BCUT2D eigenvalue weighted by molar-refractivity contribution is 5.31. The van der Waals surface area contributed by atoms with E-state index in [9.17, 15) is 0 Å². The van der Waals surface area contributed by atoms with E-state index in [2.05, 4.69) is 4.98 Å². The van der Waals surface area contributed by atoms with E-state index in [1.54, 1.807) is 0 Å². The van der Waals surface area contributed by atoms with Gasteiger partial charge < -0.3 is 5.73 Å². The van der Waals surface area contributed by atoms with Crippen LogP contribution in [0.5, 0.6) is 0 Å². The van der Waals surface area contributed by atoms with Crippen LogP contribution in [-0.4, -0.2) is 9.97 Å². The molecule has 2 saturated carbocycles. The fourth-order valence-corrected chi connectivity index (χ4v) is 2.64. The molecular weight excluding hydrogens is 198 g/mol. The van der Waals surface area contributed by atoms with E-state index >= 15 is 0 Å². The van der Waals surface area contributed by atoms with Crippen molar-refractivity contribution < 1.29 is 0 Å². The topological polar surface area (TPSA) is 51.8 Å². The molecule has 86 valence electrons. The van der Waals surface area contributed by atoms with Gasteiger partial charge in [0.25, 0.3) is 0 Å². The minimum atomic E-state index is 0.642. The molecule has 2 aliphatic rings. The Morgan fingerprint density at radius 3 is 2.56 bits per heavy atom. The summed E-state index contributed by atoms with van der Waals surface area (Å²) in [6, 6.07) is 1.98. The molecule has 2 N–H and O–H groups in total. The molecule has 0 amide bonds. The third-order valence-electron chi connectivity index (χ3n) is 3.75. The lowest BCUT2D eigenvalue weighted by molar-refractivity contribution is 0.674. The normalized spacial score (nSPS) is 21.5. The zero-order valence-corrected chi connectivity index (χ0v) is 9.65. The third kappa shape index (κ3) is 2.18. The predicted molar refractivity (Wildman–Crippen MR) is 64.1 cm³/mol. The number of hydrogen-bond donors (Lipinski definition) is 1. The molecule has 2 fully saturated rings. The number of rotatable bonds is 3. The summed E-state index contributed by atoms with van der Waals surface area (Å²) in [7, 11) is 0. The summed E-state index contributed by atoms with van der Waals surface area (Å²) in [6.07, 6.45) is 8.95. The maximum absolute atomic E-state index is 5.87. The lowest BCUT2D eigenvalue weighted by Gasteiger charge is -2.10. The SMILES string of the molecule is Nc1cc(C2CCCC2)nc(CC2CC2)n1. The van der Waals surface area contributed by atoms with Crippen LogP contribution in [0.1, 0.15) is 56.0 Å². The van der Waals surface area contributed by atoms with E-state index in [-0.39, 0.29) is 0 Å². The number of nitrogens with two attached hydrogens (primary N) is 1. The monoisotopic (exact) mass is 217 g/mol. The summed E-state index contributed by atoms with van der Waals surface area (Å²) in [4.78, 5) is 9.06. The molecule has 0 unspecified atom stereocenters. The molecule has 0 aliphatic heterocycles. The molecule has 0 bridgehead atoms. The van der Waals surface area contributed by atoms with Crippen molar-refractivity contribution in [2.24, 2.45) is 5.92 Å². The Morgan fingerprint density at radius 1 is 1.12 bits per heavy atom. The van der Waals surface area contributed by atoms with Gasteiger partial charge in [0.05, 0.1) is 0 Å². The number of hydrogen-bond acceptors (Lipinski definition) is 3. The van der Waals surface area contributed by atoms with Gasteiger partial charge in [0.2, 0.25) is 0 Å². The zero-order valence-electron chi connectivity index (χ0n) is 9.65. The lowest BCUT2D eigenvalue weighted by Crippen LogP contribution is -2.06. The Balaban J connectivity index is 1.82. The molecule has 0 saturated heterocycles. The van der Waals surface area contributed by atoms with Gasteiger partial charge in [-0.1, -0.05) is 12.8 Å². The molecule has 2 aliphatic carbocycles. The molecule has 1 aromatic rings. The van der Waals surface area contributed by atoms with Crippen LogP contribution in [0.4, 0.5) is 5.82 Å². The van der Waals surface area contributed by atoms with Crippen LogP contribution >= 0.6 is 0 Å². The highest BCUT2D eigenvalue weighted by Crippen LogP contribution is 2.35. The molecular formula is C13H19N3. The smallest absolute Gasteiger partial charge is 0.131 e. The summed E-state index contributed by atoms with van der Waals surface area (Å²) in [6.45, 7) is 0. The molecule has 0 aromatic carbocycles. The summed E-state index contributed by atoms with van der Waals surface area (Å²) < 4.78 is 0. The Morgan fingerprint density at radius 2 is 1.88 bits per heavy atom. The first-order valence-electron chi connectivity index (χ1n) is 6.44. The maximum Gasteiger partial charge on any atom is 0.131 e. The van der Waals surface area contributed by atoms with Crippen LogP contribution in [-0.2, 0) is 6.42 Å². The van der Waals surface area contributed by atoms with E-state index in [1.807, 2.05) is 6.07 Å². The standard InChI is InChI=1S/C13H19N3/c14-12-8-11(10-3-1-2-4-10)15-13(16-12)7-9-5-6-9/h8-10H,1-7H2,(H2,14,15,16). The molecule has 3 rings (SSSR count). The Labute approximate surface area is 96.5 Å². The average molecular weight is 217 g/mol. The van der Waals surface area contributed by atoms with Gasteiger partial charge in [-0.15, -0.1) is 0 Å². The number of nitrogens with zero attached hydrogens (tertiary/aromatic N) is 2. The first kappa shape index (κ1) is 10.1. The Hall–Kier alpha value is -1.12. The summed E-state index contributed by atoms with van der Waals surface area (Å²) >= 11 is 0. The molecule has 0 atom stereocenters. The van der Waals surface area contributed by atoms with Gasteiger partial charge in [0, 0.05) is 24.1 Å². The van der Waals surface area contributed by atoms with Gasteiger partial charge >= 0.3 is 0 Å². The van der Waals surface area contributed by atoms with Gasteiger partial charge in [-0.3, -0.25) is 0 Å². The summed E-state index contributed by atoms with van der Waals surface area (Å²) in [5.74, 6) is 3.11. The fourth-order valence-electron chi connectivity index (χ4n) is 2.64. The molecule has 1 aromatic heterocycles. The Kier molecular flexibility index (Phi) is 2.54. The van der Waals surface area contributed by atoms with Crippen LogP contribution in [0.15, 0.2) is 6.07 Å². The largest absolute Gasteiger partial charge is 0.384 e. The maximum atomic E-state index is 5.87. The van der Waals surface area contributed by atoms with E-state index in [0.717, 1.165) is 18.2 Å². The lowest BCUT2D eigenvalue weighted by atomic mass is 10.0. The Bertz CT molecular complexity index is 379. The van der Waals surface area contributed by atoms with E-state index in [4.69, 9.17) is 10.7 Å². The van der Waals surface area contributed by atoms with Gasteiger partial charge in [0.1, 0.15) is 11.6 Å². The zero-order chi connectivity index (χ0) is 11.0. The van der Waals surface area contributed by atoms with Crippen molar-refractivity contribution >= 4 is 5.82 Å². The molecule has 0 radical (unpaired) electrons. The van der Waals surface area contributed by atoms with Crippen LogP contribution in [0.25, 0.3) is 0 Å². The van der Waals surface area contributed by atoms with Gasteiger partial charge in [-0.2, -0.15) is 0 Å². The summed E-state index contributed by atoms with van der Waals surface area (Å²) in [5.41, 5.74) is 7.07. The van der Waals surface area contributed by atoms with Crippen molar-refractivity contribution in [1.82, 2.24) is 9.97 Å². The summed E-state index contributed by atoms with van der Waals surface area (Å²) in [5, 5.41) is 0. The quantitative estimate of drug-likeness (QED) is 0.846. The van der Waals surface area contributed by atoms with Crippen molar-refractivity contribution in [3.05, 3.63) is 17.6 Å². The molecule has 0 spiro atoms. The molecule has 3 heteroatoms. The van der Waals surface area contributed by atoms with E-state index in [0.29, 0.717) is 11.7 Å². The molecule has 1 heterocycles. The highest BCUT2D eigenvalue weighted by atomic mass is 14.9. The van der Waals surface area contributed by atoms with Crippen LogP contribution in [0, 0.1) is 5.92 Å². The van der Waals surface area contributed by atoms with Crippen molar-refractivity contribution in [1.29, 1.82) is 0 Å². The van der Waals surface area contributed by atoms with Gasteiger partial charge in [-0.25, -0.2) is 9.97 Å². The first-order chi connectivity index (χ1) is 7.81. The van der Waals surface area contributed by atoms with Crippen molar-refractivity contribution in [3.63, 3.8) is 0 Å². The second kappa shape index (κ2) is 4.04. The highest BCUT2D eigenvalue weighted by Gasteiger charge is 2.24. The fraction of sp³-hybridized carbons (Fsp3) is 0.692. The van der Waals surface area contributed by atoms with Gasteiger partial charge in [-0.05, 0) is 31.6 Å². The number of anilines is 1. The van der Waals surface area contributed by atoms with Crippen molar-refractivity contribution in [3.8, 4) is 0 Å².